The Morgan fingerprint density at radius 1 is 1.25 bits per heavy atom. The molecule has 0 bridgehead atoms. The van der Waals surface area contributed by atoms with Gasteiger partial charge in [0.15, 0.2) is 16.3 Å². The second-order valence-corrected chi connectivity index (χ2v) is 7.08. The van der Waals surface area contributed by atoms with Crippen molar-refractivity contribution in [2.45, 2.75) is 18.9 Å². The number of hydrogen-bond acceptors (Lipinski definition) is 3. The number of imidazole rings is 1. The number of aromatic nitrogens is 2. The maximum atomic E-state index is 13.9. The summed E-state index contributed by atoms with van der Waals surface area (Å²) in [6.45, 7) is 0.886. The van der Waals surface area contributed by atoms with Gasteiger partial charge in [-0.3, -0.25) is 4.99 Å². The highest BCUT2D eigenvalue weighted by atomic mass is 32.1. The van der Waals surface area contributed by atoms with Crippen molar-refractivity contribution in [1.29, 1.82) is 0 Å². The molecule has 3 aromatic rings. The molecule has 0 aliphatic carbocycles. The van der Waals surface area contributed by atoms with Crippen molar-refractivity contribution in [1.82, 2.24) is 9.55 Å². The number of hydrogen-bond donors (Lipinski definition) is 1. The fourth-order valence-electron chi connectivity index (χ4n) is 3.48. The van der Waals surface area contributed by atoms with Crippen LogP contribution in [0.25, 0.3) is 0 Å². The number of aliphatic imine (C=N–C) groups is 1. The first-order chi connectivity index (χ1) is 13.6. The van der Waals surface area contributed by atoms with Gasteiger partial charge in [0.1, 0.15) is 12.4 Å². The van der Waals surface area contributed by atoms with Gasteiger partial charge in [-0.25, -0.2) is 8.78 Å². The largest absolute Gasteiger partial charge is 0.488 e. The van der Waals surface area contributed by atoms with Crippen molar-refractivity contribution in [2.75, 3.05) is 13.2 Å². The first-order valence-corrected chi connectivity index (χ1v) is 9.47. The van der Waals surface area contributed by atoms with E-state index in [0.29, 0.717) is 29.7 Å². The van der Waals surface area contributed by atoms with Gasteiger partial charge in [0.2, 0.25) is 0 Å². The lowest BCUT2D eigenvalue weighted by Crippen LogP contribution is -2.26. The monoisotopic (exact) mass is 399 g/mol. The number of fused-ring (bicyclic) bond motifs is 1. The number of halogens is 2. The van der Waals surface area contributed by atoms with Crippen LogP contribution in [0.2, 0.25) is 0 Å². The number of aromatic amines is 1. The van der Waals surface area contributed by atoms with Crippen LogP contribution in [0.5, 0.6) is 5.75 Å². The molecule has 144 valence electrons. The molecule has 28 heavy (non-hydrogen) atoms. The molecule has 4 rings (SSSR count). The normalized spacial score (nSPS) is 16.1. The molecule has 4 nitrogen and oxygen atoms in total. The summed E-state index contributed by atoms with van der Waals surface area (Å²) in [4.78, 5) is 7.54. The van der Waals surface area contributed by atoms with E-state index in [1.54, 1.807) is 0 Å². The fraction of sp³-hybridized carbons (Fsp3) is 0.238. The lowest BCUT2D eigenvalue weighted by molar-refractivity contribution is 0.210. The molecule has 1 aliphatic rings. The lowest BCUT2D eigenvalue weighted by Gasteiger charge is -2.27. The van der Waals surface area contributed by atoms with Crippen molar-refractivity contribution < 1.29 is 13.5 Å². The molecule has 0 spiro atoms. The van der Waals surface area contributed by atoms with Gasteiger partial charge in [-0.2, -0.15) is 0 Å². The third-order valence-corrected chi connectivity index (χ3v) is 5.07. The maximum absolute atomic E-state index is 13.9. The van der Waals surface area contributed by atoms with Crippen LogP contribution in [0.3, 0.4) is 0 Å². The summed E-state index contributed by atoms with van der Waals surface area (Å²) >= 11 is 5.42. The molecule has 0 unspecified atom stereocenters. The number of H-pyrrole nitrogens is 1. The van der Waals surface area contributed by atoms with Crippen molar-refractivity contribution in [3.05, 3.63) is 81.9 Å². The van der Waals surface area contributed by atoms with Gasteiger partial charge in [-0.05, 0) is 23.8 Å². The average Bonchev–Trinajstić information content (AvgIpc) is 3.06. The smallest absolute Gasteiger partial charge is 0.177 e. The standard InChI is InChI=1S/C21H19F2N3OS/c22-16-8-15-9-18(13-27-20(15)19(23)10-16)26-17(12-25-21(26)28)6-7-24-11-14-4-2-1-3-5-14/h1-5,8,10-12,18H,6-7,9,13H2,(H,25,28)/t18-/m1/s1. The Labute approximate surface area is 166 Å². The highest BCUT2D eigenvalue weighted by Gasteiger charge is 2.26. The van der Waals surface area contributed by atoms with Gasteiger partial charge in [0.05, 0.1) is 6.04 Å². The van der Waals surface area contributed by atoms with Crippen molar-refractivity contribution in [2.24, 2.45) is 4.99 Å². The van der Waals surface area contributed by atoms with Gasteiger partial charge in [-0.15, -0.1) is 0 Å². The van der Waals surface area contributed by atoms with Gasteiger partial charge in [0.25, 0.3) is 0 Å². The minimum atomic E-state index is -0.665. The molecule has 1 atom stereocenters. The molecular formula is C21H19F2N3OS. The molecule has 0 saturated heterocycles. The quantitative estimate of drug-likeness (QED) is 0.501. The second-order valence-electron chi connectivity index (χ2n) is 6.70. The van der Waals surface area contributed by atoms with E-state index in [-0.39, 0.29) is 18.4 Å². The third kappa shape index (κ3) is 3.89. The highest BCUT2D eigenvalue weighted by Crippen LogP contribution is 2.33. The average molecular weight is 399 g/mol. The molecule has 0 radical (unpaired) electrons. The van der Waals surface area contributed by atoms with Crippen LogP contribution in [-0.2, 0) is 12.8 Å². The van der Waals surface area contributed by atoms with E-state index in [1.807, 2.05) is 47.3 Å². The topological polar surface area (TPSA) is 42.3 Å². The first kappa shape index (κ1) is 18.6. The van der Waals surface area contributed by atoms with Crippen LogP contribution < -0.4 is 4.74 Å². The minimum Gasteiger partial charge on any atom is -0.488 e. The zero-order valence-electron chi connectivity index (χ0n) is 15.1. The second kappa shape index (κ2) is 8.06. The molecule has 0 saturated carbocycles. The van der Waals surface area contributed by atoms with Gasteiger partial charge in [-0.1, -0.05) is 30.3 Å². The van der Waals surface area contributed by atoms with E-state index in [9.17, 15) is 8.78 Å². The Morgan fingerprint density at radius 3 is 2.89 bits per heavy atom. The Kier molecular flexibility index (Phi) is 5.34. The molecule has 7 heteroatoms. The summed E-state index contributed by atoms with van der Waals surface area (Å²) in [6.07, 6.45) is 4.85. The Balaban J connectivity index is 1.49. The first-order valence-electron chi connectivity index (χ1n) is 9.06. The number of nitrogens with one attached hydrogen (secondary N) is 1. The Morgan fingerprint density at radius 2 is 2.07 bits per heavy atom. The fourth-order valence-corrected chi connectivity index (χ4v) is 3.81. The Bertz CT molecular complexity index is 1060. The number of benzene rings is 2. The molecule has 2 aromatic carbocycles. The van der Waals surface area contributed by atoms with Crippen LogP contribution in [0.1, 0.15) is 22.9 Å². The van der Waals surface area contributed by atoms with Crippen LogP contribution >= 0.6 is 12.2 Å². The molecular weight excluding hydrogens is 380 g/mol. The van der Waals surface area contributed by atoms with Crippen LogP contribution in [-0.4, -0.2) is 28.9 Å². The summed E-state index contributed by atoms with van der Waals surface area (Å²) in [5.74, 6) is -1.14. The van der Waals surface area contributed by atoms with Crippen molar-refractivity contribution in [3.63, 3.8) is 0 Å². The molecule has 1 aliphatic heterocycles. The zero-order valence-corrected chi connectivity index (χ0v) is 15.9. The predicted molar refractivity (Wildman–Crippen MR) is 107 cm³/mol. The van der Waals surface area contributed by atoms with Gasteiger partial charge < -0.3 is 14.3 Å². The molecule has 0 fully saturated rings. The highest BCUT2D eigenvalue weighted by molar-refractivity contribution is 7.71. The SMILES string of the molecule is Fc1cc(F)c2c(c1)C[C@@H](n1c(CCN=Cc3ccccc3)c[nH]c1=S)CO2. The van der Waals surface area contributed by atoms with Crippen molar-refractivity contribution in [3.8, 4) is 5.75 Å². The van der Waals surface area contributed by atoms with Gasteiger partial charge in [0, 0.05) is 49.1 Å². The maximum Gasteiger partial charge on any atom is 0.177 e. The van der Waals surface area contributed by atoms with E-state index in [0.717, 1.165) is 17.3 Å². The van der Waals surface area contributed by atoms with Crippen molar-refractivity contribution >= 4 is 18.4 Å². The summed E-state index contributed by atoms with van der Waals surface area (Å²) in [7, 11) is 0. The summed E-state index contributed by atoms with van der Waals surface area (Å²) in [6, 6.07) is 11.9. The van der Waals surface area contributed by atoms with E-state index in [4.69, 9.17) is 17.0 Å². The van der Waals surface area contributed by atoms with E-state index >= 15 is 0 Å². The molecule has 1 aromatic heterocycles. The van der Waals surface area contributed by atoms with E-state index in [2.05, 4.69) is 9.98 Å². The van der Waals surface area contributed by atoms with E-state index < -0.39 is 11.6 Å². The number of rotatable bonds is 5. The van der Waals surface area contributed by atoms with Crippen LogP contribution in [0.4, 0.5) is 8.78 Å². The summed E-state index contributed by atoms with van der Waals surface area (Å²) in [5.41, 5.74) is 2.56. The predicted octanol–water partition coefficient (Wildman–Crippen LogP) is 4.66. The molecule has 2 heterocycles. The third-order valence-electron chi connectivity index (χ3n) is 4.75. The molecule has 1 N–H and O–H groups in total. The van der Waals surface area contributed by atoms with E-state index in [1.165, 1.54) is 6.07 Å². The number of ether oxygens (including phenoxy) is 1. The van der Waals surface area contributed by atoms with Crippen LogP contribution in [0.15, 0.2) is 53.7 Å². The summed E-state index contributed by atoms with van der Waals surface area (Å²) in [5, 5.41) is 0. The Hall–Kier alpha value is -2.80. The van der Waals surface area contributed by atoms with Crippen LogP contribution in [0, 0.1) is 16.4 Å². The summed E-state index contributed by atoms with van der Waals surface area (Å²) < 4.78 is 35.6. The van der Waals surface area contributed by atoms with Gasteiger partial charge >= 0.3 is 0 Å². The lowest BCUT2D eigenvalue weighted by atomic mass is 10.0. The zero-order chi connectivity index (χ0) is 19.5. The number of nitrogens with zero attached hydrogens (tertiary/aromatic N) is 2. The molecule has 0 amide bonds. The minimum absolute atomic E-state index is 0.124.